The van der Waals surface area contributed by atoms with Crippen LogP contribution in [-0.2, 0) is 0 Å². The van der Waals surface area contributed by atoms with E-state index in [9.17, 15) is 0 Å². The minimum Gasteiger partial charge on any atom is -0.284 e. The molecule has 0 saturated heterocycles. The van der Waals surface area contributed by atoms with Crippen molar-refractivity contribution in [1.82, 2.24) is 14.4 Å². The number of aromatic nitrogens is 3. The Morgan fingerprint density at radius 1 is 0.941 bits per heavy atom. The van der Waals surface area contributed by atoms with Gasteiger partial charge in [0.1, 0.15) is 11.2 Å². The monoisotopic (exact) mass is 219 g/mol. The van der Waals surface area contributed by atoms with Crippen LogP contribution in [0, 0.1) is 0 Å². The van der Waals surface area contributed by atoms with Crippen molar-refractivity contribution < 1.29 is 0 Å². The predicted molar refractivity (Wildman–Crippen MR) is 68.0 cm³/mol. The van der Waals surface area contributed by atoms with E-state index in [1.165, 1.54) is 0 Å². The zero-order chi connectivity index (χ0) is 11.2. The van der Waals surface area contributed by atoms with Gasteiger partial charge in [0.2, 0.25) is 0 Å². The third kappa shape index (κ3) is 1.11. The molecule has 1 aromatic carbocycles. The van der Waals surface area contributed by atoms with Gasteiger partial charge >= 0.3 is 0 Å². The zero-order valence-corrected chi connectivity index (χ0v) is 9.04. The maximum Gasteiger partial charge on any atom is 0.165 e. The lowest BCUT2D eigenvalue weighted by Crippen LogP contribution is -1.85. The second-order valence-electron chi connectivity index (χ2n) is 4.06. The van der Waals surface area contributed by atoms with Gasteiger partial charge in [0.25, 0.3) is 0 Å². The van der Waals surface area contributed by atoms with Crippen molar-refractivity contribution in [2.75, 3.05) is 0 Å². The standard InChI is InChI=1S/C14H9N3/c1-2-6-11-10(5-1)9-15-14-13(11)16-12-7-3-4-8-17(12)14/h1-9H. The molecule has 0 saturated carbocycles. The summed E-state index contributed by atoms with van der Waals surface area (Å²) in [6.07, 6.45) is 3.89. The lowest BCUT2D eigenvalue weighted by molar-refractivity contribution is 1.19. The second kappa shape index (κ2) is 3.04. The SMILES string of the molecule is c1ccc2c(c1)cnc1c2nc2ccccn21. The van der Waals surface area contributed by atoms with Crippen molar-refractivity contribution in [3.8, 4) is 0 Å². The molecule has 0 aliphatic heterocycles. The highest BCUT2D eigenvalue weighted by Gasteiger charge is 2.07. The van der Waals surface area contributed by atoms with Crippen molar-refractivity contribution >= 4 is 27.6 Å². The van der Waals surface area contributed by atoms with Crippen LogP contribution in [0.1, 0.15) is 0 Å². The summed E-state index contributed by atoms with van der Waals surface area (Å²) in [5.41, 5.74) is 2.82. The van der Waals surface area contributed by atoms with Gasteiger partial charge in [-0.25, -0.2) is 9.97 Å². The van der Waals surface area contributed by atoms with E-state index < -0.39 is 0 Å². The maximum atomic E-state index is 4.64. The largest absolute Gasteiger partial charge is 0.284 e. The van der Waals surface area contributed by atoms with E-state index in [4.69, 9.17) is 0 Å². The number of rotatable bonds is 0. The first-order chi connectivity index (χ1) is 8.43. The van der Waals surface area contributed by atoms with Gasteiger partial charge in [0.15, 0.2) is 5.65 Å². The Morgan fingerprint density at radius 2 is 1.82 bits per heavy atom. The highest BCUT2D eigenvalue weighted by Crippen LogP contribution is 2.23. The Hall–Kier alpha value is -2.42. The molecule has 0 spiro atoms. The van der Waals surface area contributed by atoms with Gasteiger partial charge in [-0.1, -0.05) is 30.3 Å². The van der Waals surface area contributed by atoms with Crippen LogP contribution in [-0.4, -0.2) is 14.4 Å². The number of hydrogen-bond donors (Lipinski definition) is 0. The smallest absolute Gasteiger partial charge is 0.165 e. The van der Waals surface area contributed by atoms with Crippen LogP contribution < -0.4 is 0 Å². The number of fused-ring (bicyclic) bond motifs is 5. The molecular formula is C14H9N3. The fourth-order valence-corrected chi connectivity index (χ4v) is 2.24. The minimum atomic E-state index is 0.916. The highest BCUT2D eigenvalue weighted by atomic mass is 15.1. The van der Waals surface area contributed by atoms with Crippen LogP contribution in [0.2, 0.25) is 0 Å². The van der Waals surface area contributed by atoms with Crippen molar-refractivity contribution in [2.24, 2.45) is 0 Å². The summed E-state index contributed by atoms with van der Waals surface area (Å²) >= 11 is 0. The molecule has 4 aromatic rings. The van der Waals surface area contributed by atoms with E-state index >= 15 is 0 Å². The number of pyridine rings is 2. The van der Waals surface area contributed by atoms with Crippen molar-refractivity contribution in [1.29, 1.82) is 0 Å². The Morgan fingerprint density at radius 3 is 2.82 bits per heavy atom. The summed E-state index contributed by atoms with van der Waals surface area (Å²) in [7, 11) is 0. The first kappa shape index (κ1) is 8.70. The molecule has 80 valence electrons. The summed E-state index contributed by atoms with van der Waals surface area (Å²) in [5.74, 6) is 0. The molecule has 0 bridgehead atoms. The number of hydrogen-bond acceptors (Lipinski definition) is 2. The van der Waals surface area contributed by atoms with Crippen LogP contribution in [0.25, 0.3) is 27.6 Å². The van der Waals surface area contributed by atoms with Gasteiger partial charge < -0.3 is 0 Å². The molecule has 0 unspecified atom stereocenters. The van der Waals surface area contributed by atoms with Crippen molar-refractivity contribution in [3.05, 3.63) is 54.9 Å². The maximum absolute atomic E-state index is 4.64. The first-order valence-corrected chi connectivity index (χ1v) is 5.54. The quantitative estimate of drug-likeness (QED) is 0.455. The number of nitrogens with zero attached hydrogens (tertiary/aromatic N) is 3. The van der Waals surface area contributed by atoms with E-state index in [1.54, 1.807) is 0 Å². The molecule has 3 aromatic heterocycles. The molecule has 0 aliphatic rings. The molecule has 17 heavy (non-hydrogen) atoms. The van der Waals surface area contributed by atoms with E-state index in [0.29, 0.717) is 0 Å². The molecule has 0 atom stereocenters. The topological polar surface area (TPSA) is 30.2 Å². The van der Waals surface area contributed by atoms with Crippen LogP contribution in [0.3, 0.4) is 0 Å². The molecule has 0 amide bonds. The molecule has 0 N–H and O–H groups in total. The molecule has 0 fully saturated rings. The third-order valence-electron chi connectivity index (χ3n) is 3.05. The minimum absolute atomic E-state index is 0.916. The van der Waals surface area contributed by atoms with E-state index in [-0.39, 0.29) is 0 Å². The van der Waals surface area contributed by atoms with E-state index in [2.05, 4.69) is 22.1 Å². The number of imidazole rings is 1. The van der Waals surface area contributed by atoms with Crippen LogP contribution in [0.4, 0.5) is 0 Å². The highest BCUT2D eigenvalue weighted by molar-refractivity contribution is 6.03. The van der Waals surface area contributed by atoms with Crippen molar-refractivity contribution in [2.45, 2.75) is 0 Å². The molecule has 3 heterocycles. The van der Waals surface area contributed by atoms with Gasteiger partial charge in [0, 0.05) is 23.2 Å². The van der Waals surface area contributed by atoms with Gasteiger partial charge in [-0.05, 0) is 12.1 Å². The summed E-state index contributed by atoms with van der Waals surface area (Å²) < 4.78 is 2.02. The summed E-state index contributed by atoms with van der Waals surface area (Å²) in [5, 5.41) is 2.28. The van der Waals surface area contributed by atoms with Crippen molar-refractivity contribution in [3.63, 3.8) is 0 Å². The molecular weight excluding hydrogens is 210 g/mol. The van der Waals surface area contributed by atoms with Gasteiger partial charge in [-0.2, -0.15) is 0 Å². The average Bonchev–Trinajstić information content (AvgIpc) is 2.78. The Bertz CT molecular complexity index is 846. The molecule has 0 aliphatic carbocycles. The Kier molecular flexibility index (Phi) is 1.56. The molecule has 3 heteroatoms. The Balaban J connectivity index is 2.34. The van der Waals surface area contributed by atoms with Gasteiger partial charge in [-0.3, -0.25) is 4.40 Å². The molecule has 3 nitrogen and oxygen atoms in total. The zero-order valence-electron chi connectivity index (χ0n) is 9.04. The van der Waals surface area contributed by atoms with Crippen LogP contribution in [0.5, 0.6) is 0 Å². The number of benzene rings is 1. The van der Waals surface area contributed by atoms with Crippen LogP contribution >= 0.6 is 0 Å². The van der Waals surface area contributed by atoms with E-state index in [0.717, 1.165) is 27.6 Å². The lowest BCUT2D eigenvalue weighted by atomic mass is 10.1. The predicted octanol–water partition coefficient (Wildman–Crippen LogP) is 3.04. The average molecular weight is 219 g/mol. The van der Waals surface area contributed by atoms with E-state index in [1.807, 2.05) is 47.1 Å². The van der Waals surface area contributed by atoms with Gasteiger partial charge in [-0.15, -0.1) is 0 Å². The fourth-order valence-electron chi connectivity index (χ4n) is 2.24. The fraction of sp³-hybridized carbons (Fsp3) is 0. The molecule has 4 rings (SSSR count). The molecule has 0 radical (unpaired) electrons. The summed E-state index contributed by atoms with van der Waals surface area (Å²) in [6.45, 7) is 0. The Labute approximate surface area is 97.4 Å². The first-order valence-electron chi connectivity index (χ1n) is 5.54. The summed E-state index contributed by atoms with van der Waals surface area (Å²) in [6, 6.07) is 14.2. The third-order valence-corrected chi connectivity index (χ3v) is 3.05. The summed E-state index contributed by atoms with van der Waals surface area (Å²) in [4.78, 5) is 9.14. The van der Waals surface area contributed by atoms with Crippen LogP contribution in [0.15, 0.2) is 54.9 Å². The second-order valence-corrected chi connectivity index (χ2v) is 4.06. The van der Waals surface area contributed by atoms with Gasteiger partial charge in [0.05, 0.1) is 0 Å². The normalized spacial score (nSPS) is 11.5. The lowest BCUT2D eigenvalue weighted by Gasteiger charge is -1.97.